The Morgan fingerprint density at radius 3 is 1.85 bits per heavy atom. The zero-order chi connectivity index (χ0) is 19.2. The first-order valence-electron chi connectivity index (χ1n) is 6.89. The van der Waals surface area contributed by atoms with E-state index in [0.29, 0.717) is 20.2 Å². The minimum absolute atomic E-state index is 0.292. The summed E-state index contributed by atoms with van der Waals surface area (Å²) in [7, 11) is 1.08. The molecule has 1 heterocycles. The van der Waals surface area contributed by atoms with Gasteiger partial charge in [-0.2, -0.15) is 0 Å². The molecule has 0 fully saturated rings. The fraction of sp³-hybridized carbons (Fsp3) is 0.0667. The molecule has 1 aromatic heterocycles. The van der Waals surface area contributed by atoms with Gasteiger partial charge in [0.15, 0.2) is 0 Å². The van der Waals surface area contributed by atoms with Gasteiger partial charge >= 0.3 is 11.9 Å². The number of esters is 1. The predicted octanol–water partition coefficient (Wildman–Crippen LogP) is 3.36. The van der Waals surface area contributed by atoms with Gasteiger partial charge in [-0.05, 0) is 12.1 Å². The van der Waals surface area contributed by atoms with Crippen molar-refractivity contribution >= 4 is 54.8 Å². The fourth-order valence-corrected chi connectivity index (χ4v) is 3.73. The van der Waals surface area contributed by atoms with E-state index < -0.39 is 38.7 Å². The molecule has 0 atom stereocenters. The number of hydrogen-bond donors (Lipinski definition) is 1. The second-order valence-corrected chi connectivity index (χ2v) is 6.23. The van der Waals surface area contributed by atoms with Crippen LogP contribution in [0.3, 0.4) is 0 Å². The van der Waals surface area contributed by atoms with Crippen molar-refractivity contribution in [2.24, 2.45) is 0 Å². The maximum absolute atomic E-state index is 11.9. The highest BCUT2D eigenvalue weighted by Gasteiger charge is 2.26. The molecular weight excluding hydrogens is 368 g/mol. The van der Waals surface area contributed by atoms with Crippen molar-refractivity contribution in [3.8, 4) is 0 Å². The number of hydrogen-bond acceptors (Lipinski definition) is 8. The molecule has 0 aliphatic carbocycles. The molecule has 2 aromatic carbocycles. The summed E-state index contributed by atoms with van der Waals surface area (Å²) in [5.74, 6) is -2.40. The van der Waals surface area contributed by atoms with Crippen LogP contribution in [0.4, 0.5) is 11.4 Å². The molecule has 3 rings (SSSR count). The standard InChI is InChI=1S/C15H8N2O8S/c1-25-15(20)9-3-7-6-2-8(14(18)19)10(16(21)22)4-12(6)26-13(7)5-11(9)17(23)24/h2-5H,1H3,(H,18,19). The van der Waals surface area contributed by atoms with Gasteiger partial charge in [0, 0.05) is 32.3 Å². The highest BCUT2D eigenvalue weighted by atomic mass is 32.1. The Kier molecular flexibility index (Phi) is 4.00. The Morgan fingerprint density at radius 1 is 0.962 bits per heavy atom. The maximum Gasteiger partial charge on any atom is 0.344 e. The van der Waals surface area contributed by atoms with Crippen LogP contribution in [0.25, 0.3) is 20.2 Å². The van der Waals surface area contributed by atoms with E-state index in [1.165, 1.54) is 12.1 Å². The third kappa shape index (κ3) is 2.59. The van der Waals surface area contributed by atoms with Gasteiger partial charge in [0.2, 0.25) is 0 Å². The van der Waals surface area contributed by atoms with Gasteiger partial charge in [0.05, 0.1) is 17.0 Å². The lowest BCUT2D eigenvalue weighted by atomic mass is 10.0. The monoisotopic (exact) mass is 376 g/mol. The highest BCUT2D eigenvalue weighted by Crippen LogP contribution is 2.40. The Balaban J connectivity index is 2.43. The van der Waals surface area contributed by atoms with E-state index in [1.54, 1.807) is 0 Å². The number of fused-ring (bicyclic) bond motifs is 3. The van der Waals surface area contributed by atoms with E-state index in [1.807, 2.05) is 0 Å². The quantitative estimate of drug-likeness (QED) is 0.413. The first-order chi connectivity index (χ1) is 12.2. The Hall–Kier alpha value is -3.60. The lowest BCUT2D eigenvalue weighted by Gasteiger charge is -2.02. The van der Waals surface area contributed by atoms with E-state index >= 15 is 0 Å². The maximum atomic E-state index is 11.9. The number of thiophene rings is 1. The molecular formula is C15H8N2O8S. The van der Waals surface area contributed by atoms with Crippen LogP contribution in [-0.4, -0.2) is 34.0 Å². The third-order valence-corrected chi connectivity index (χ3v) is 4.85. The first kappa shape index (κ1) is 17.2. The average Bonchev–Trinajstić information content (AvgIpc) is 2.95. The minimum Gasteiger partial charge on any atom is -0.477 e. The molecule has 0 unspecified atom stereocenters. The zero-order valence-electron chi connectivity index (χ0n) is 12.9. The minimum atomic E-state index is -1.48. The molecule has 0 aliphatic heterocycles. The van der Waals surface area contributed by atoms with Crippen LogP contribution in [0.1, 0.15) is 20.7 Å². The second-order valence-electron chi connectivity index (χ2n) is 5.14. The summed E-state index contributed by atoms with van der Waals surface area (Å²) in [5.41, 5.74) is -1.86. The summed E-state index contributed by atoms with van der Waals surface area (Å²) < 4.78 is 5.31. The van der Waals surface area contributed by atoms with E-state index in [2.05, 4.69) is 4.74 Å². The summed E-state index contributed by atoms with van der Waals surface area (Å²) in [6.07, 6.45) is 0. The van der Waals surface area contributed by atoms with Crippen molar-refractivity contribution < 1.29 is 29.3 Å². The summed E-state index contributed by atoms with van der Waals surface area (Å²) in [4.78, 5) is 44.0. The number of carboxylic acids is 1. The predicted molar refractivity (Wildman–Crippen MR) is 90.9 cm³/mol. The molecule has 3 aromatic rings. The first-order valence-corrected chi connectivity index (χ1v) is 7.71. The van der Waals surface area contributed by atoms with Crippen LogP contribution in [0.2, 0.25) is 0 Å². The van der Waals surface area contributed by atoms with E-state index in [9.17, 15) is 34.9 Å². The number of nitro groups is 2. The molecule has 0 spiro atoms. The van der Waals surface area contributed by atoms with Gasteiger partial charge in [0.1, 0.15) is 11.1 Å². The zero-order valence-corrected chi connectivity index (χ0v) is 13.7. The Morgan fingerprint density at radius 2 is 1.42 bits per heavy atom. The Labute approximate surface area is 147 Å². The van der Waals surface area contributed by atoms with Crippen molar-refractivity contribution in [2.75, 3.05) is 7.11 Å². The number of rotatable bonds is 4. The largest absolute Gasteiger partial charge is 0.477 e. The molecule has 26 heavy (non-hydrogen) atoms. The molecule has 0 aliphatic rings. The van der Waals surface area contributed by atoms with Crippen LogP contribution in [0, 0.1) is 20.2 Å². The number of carbonyl (C=O) groups excluding carboxylic acids is 1. The smallest absolute Gasteiger partial charge is 0.344 e. The number of carboxylic acid groups (broad SMARTS) is 1. The molecule has 0 saturated carbocycles. The lowest BCUT2D eigenvalue weighted by Crippen LogP contribution is -2.05. The van der Waals surface area contributed by atoms with Crippen molar-refractivity contribution in [1.82, 2.24) is 0 Å². The van der Waals surface area contributed by atoms with Crippen molar-refractivity contribution in [3.63, 3.8) is 0 Å². The number of carbonyl (C=O) groups is 2. The molecule has 132 valence electrons. The highest BCUT2D eigenvalue weighted by molar-refractivity contribution is 7.25. The van der Waals surface area contributed by atoms with Gasteiger partial charge < -0.3 is 9.84 Å². The third-order valence-electron chi connectivity index (χ3n) is 3.73. The second kappa shape index (κ2) is 6.04. The summed E-state index contributed by atoms with van der Waals surface area (Å²) in [6.45, 7) is 0. The fourth-order valence-electron chi connectivity index (χ4n) is 2.59. The van der Waals surface area contributed by atoms with Gasteiger partial charge in [-0.3, -0.25) is 20.2 Å². The average molecular weight is 376 g/mol. The Bertz CT molecular complexity index is 1130. The normalized spacial score (nSPS) is 10.8. The van der Waals surface area contributed by atoms with E-state index in [4.69, 9.17) is 0 Å². The van der Waals surface area contributed by atoms with Crippen LogP contribution >= 0.6 is 11.3 Å². The van der Waals surface area contributed by atoms with Crippen LogP contribution < -0.4 is 0 Å². The van der Waals surface area contributed by atoms with Crippen LogP contribution in [0.5, 0.6) is 0 Å². The molecule has 0 radical (unpaired) electrons. The van der Waals surface area contributed by atoms with E-state index in [0.717, 1.165) is 30.6 Å². The molecule has 0 saturated heterocycles. The van der Waals surface area contributed by atoms with Crippen molar-refractivity contribution in [3.05, 3.63) is 55.6 Å². The lowest BCUT2D eigenvalue weighted by molar-refractivity contribution is -0.385. The number of nitro benzene ring substituents is 2. The van der Waals surface area contributed by atoms with Crippen LogP contribution in [0.15, 0.2) is 24.3 Å². The topological polar surface area (TPSA) is 150 Å². The van der Waals surface area contributed by atoms with Crippen molar-refractivity contribution in [1.29, 1.82) is 0 Å². The van der Waals surface area contributed by atoms with Gasteiger partial charge in [-0.15, -0.1) is 11.3 Å². The number of ether oxygens (including phenoxy) is 1. The van der Waals surface area contributed by atoms with Crippen molar-refractivity contribution in [2.45, 2.75) is 0 Å². The SMILES string of the molecule is COC(=O)c1cc2c(cc1[N+](=O)[O-])sc1cc([N+](=O)[O-])c(C(=O)O)cc12. The number of methoxy groups -OCH3 is 1. The molecule has 0 bridgehead atoms. The molecule has 1 N–H and O–H groups in total. The molecule has 0 amide bonds. The number of benzene rings is 2. The molecule has 10 nitrogen and oxygen atoms in total. The number of aromatic carboxylic acids is 1. The summed E-state index contributed by atoms with van der Waals surface area (Å²) in [6, 6.07) is 4.63. The number of nitrogens with zero attached hydrogens (tertiary/aromatic N) is 2. The summed E-state index contributed by atoms with van der Waals surface area (Å²) >= 11 is 1.02. The van der Waals surface area contributed by atoms with Gasteiger partial charge in [0.25, 0.3) is 11.4 Å². The van der Waals surface area contributed by atoms with Gasteiger partial charge in [-0.1, -0.05) is 0 Å². The molecule has 11 heteroatoms. The summed E-state index contributed by atoms with van der Waals surface area (Å²) in [5, 5.41) is 32.3. The van der Waals surface area contributed by atoms with Gasteiger partial charge in [-0.25, -0.2) is 9.59 Å². The van der Waals surface area contributed by atoms with Crippen LogP contribution in [-0.2, 0) is 4.74 Å². The van der Waals surface area contributed by atoms with E-state index in [-0.39, 0.29) is 5.56 Å².